The van der Waals surface area contributed by atoms with Crippen LogP contribution in [0.4, 0.5) is 0 Å². The number of ketones is 1. The topological polar surface area (TPSA) is 104 Å². The second-order valence-corrected chi connectivity index (χ2v) is 9.09. The van der Waals surface area contributed by atoms with Gasteiger partial charge in [0.15, 0.2) is 11.4 Å². The Kier molecular flexibility index (Phi) is 3.34. The molecule has 2 aromatic heterocycles. The van der Waals surface area contributed by atoms with E-state index in [2.05, 4.69) is 5.10 Å². The molecule has 2 heterocycles. The van der Waals surface area contributed by atoms with Crippen LogP contribution < -0.4 is 5.76 Å². The summed E-state index contributed by atoms with van der Waals surface area (Å²) in [5.41, 5.74) is 2.89. The van der Waals surface area contributed by atoms with Crippen molar-refractivity contribution in [2.75, 3.05) is 0 Å². The number of hydrogen-bond acceptors (Lipinski definition) is 6. The number of aryl methyl sites for hydroxylation is 1. The number of oxazole rings is 1. The molecule has 8 nitrogen and oxygen atoms in total. The summed E-state index contributed by atoms with van der Waals surface area (Å²) in [6.07, 6.45) is 0. The van der Waals surface area contributed by atoms with Crippen LogP contribution in [0.5, 0.6) is 0 Å². The average Bonchev–Trinajstić information content (AvgIpc) is 3.31. The van der Waals surface area contributed by atoms with E-state index in [1.165, 1.54) is 22.8 Å². The van der Waals surface area contributed by atoms with Crippen molar-refractivity contribution >= 4 is 37.8 Å². The Morgan fingerprint density at radius 3 is 2.42 bits per heavy atom. The summed E-state index contributed by atoms with van der Waals surface area (Å²) in [6.45, 7) is 0. The van der Waals surface area contributed by atoms with Gasteiger partial charge in [0, 0.05) is 35.2 Å². The van der Waals surface area contributed by atoms with Gasteiger partial charge in [-0.3, -0.25) is 9.36 Å². The van der Waals surface area contributed by atoms with Crippen molar-refractivity contribution in [3.63, 3.8) is 0 Å². The molecule has 5 aromatic rings. The molecule has 0 saturated carbocycles. The second kappa shape index (κ2) is 5.79. The Labute approximate surface area is 175 Å². The van der Waals surface area contributed by atoms with Gasteiger partial charge in [-0.15, -0.1) is 0 Å². The van der Waals surface area contributed by atoms with Gasteiger partial charge in [-0.2, -0.15) is 17.6 Å². The largest absolute Gasteiger partial charge is 0.419 e. The number of benzene rings is 3. The van der Waals surface area contributed by atoms with E-state index in [1.54, 1.807) is 49.5 Å². The van der Waals surface area contributed by atoms with Crippen molar-refractivity contribution in [3.05, 3.63) is 82.3 Å². The van der Waals surface area contributed by atoms with Crippen molar-refractivity contribution in [2.45, 2.75) is 4.90 Å². The van der Waals surface area contributed by atoms with Crippen molar-refractivity contribution in [1.29, 1.82) is 0 Å². The molecule has 1 aliphatic rings. The van der Waals surface area contributed by atoms with E-state index < -0.39 is 15.8 Å². The molecule has 6 rings (SSSR count). The monoisotopic (exact) mass is 431 g/mol. The van der Waals surface area contributed by atoms with Crippen LogP contribution in [-0.2, 0) is 17.1 Å². The van der Waals surface area contributed by atoms with Crippen LogP contribution in [0.1, 0.15) is 15.9 Å². The summed E-state index contributed by atoms with van der Waals surface area (Å²) in [4.78, 5) is 24.7. The molecule has 1 aliphatic carbocycles. The quantitative estimate of drug-likeness (QED) is 0.418. The lowest BCUT2D eigenvalue weighted by molar-refractivity contribution is 0.104. The minimum Gasteiger partial charge on any atom is -0.408 e. The van der Waals surface area contributed by atoms with E-state index in [0.29, 0.717) is 38.8 Å². The summed E-state index contributed by atoms with van der Waals surface area (Å²) in [5, 5.41) is 4.93. The van der Waals surface area contributed by atoms with Crippen LogP contribution in [0.2, 0.25) is 0 Å². The maximum atomic E-state index is 13.5. The predicted octanol–water partition coefficient (Wildman–Crippen LogP) is 2.93. The standard InChI is InChI=1S/C22H13N3O5S/c1-24-16-10-9-12(11-18(16)30-22(24)27)31(28,29)25-17-8-4-7-15-19(17)20(23-25)13-5-2-3-6-14(13)21(15)26/h2-11H,1H3. The van der Waals surface area contributed by atoms with Crippen LogP contribution in [0.3, 0.4) is 0 Å². The summed E-state index contributed by atoms with van der Waals surface area (Å²) in [6, 6.07) is 16.2. The van der Waals surface area contributed by atoms with E-state index >= 15 is 0 Å². The average molecular weight is 431 g/mol. The van der Waals surface area contributed by atoms with E-state index in [-0.39, 0.29) is 16.3 Å². The molecule has 0 saturated heterocycles. The van der Waals surface area contributed by atoms with Crippen LogP contribution >= 0.6 is 0 Å². The maximum Gasteiger partial charge on any atom is 0.419 e. The van der Waals surface area contributed by atoms with Crippen molar-refractivity contribution in [1.82, 2.24) is 13.8 Å². The molecule has 0 bridgehead atoms. The molecule has 0 unspecified atom stereocenters. The highest BCUT2D eigenvalue weighted by Gasteiger charge is 2.32. The van der Waals surface area contributed by atoms with Gasteiger partial charge in [-0.25, -0.2) is 4.79 Å². The molecule has 31 heavy (non-hydrogen) atoms. The molecular formula is C22H13N3O5S. The minimum absolute atomic E-state index is 0.0745. The van der Waals surface area contributed by atoms with Crippen molar-refractivity contribution in [3.8, 4) is 11.3 Å². The van der Waals surface area contributed by atoms with Crippen LogP contribution in [0.15, 0.2) is 74.8 Å². The fourth-order valence-corrected chi connectivity index (χ4v) is 5.41. The van der Waals surface area contributed by atoms with Gasteiger partial charge in [0.25, 0.3) is 10.0 Å². The van der Waals surface area contributed by atoms with Gasteiger partial charge in [-0.1, -0.05) is 36.4 Å². The highest BCUT2D eigenvalue weighted by Crippen LogP contribution is 2.39. The first-order valence-electron chi connectivity index (χ1n) is 9.39. The molecule has 0 amide bonds. The number of rotatable bonds is 2. The molecule has 0 spiro atoms. The Morgan fingerprint density at radius 2 is 1.61 bits per heavy atom. The zero-order valence-electron chi connectivity index (χ0n) is 16.1. The number of carbonyl (C=O) groups is 1. The van der Waals surface area contributed by atoms with Crippen LogP contribution in [0.25, 0.3) is 33.3 Å². The molecular weight excluding hydrogens is 418 g/mol. The van der Waals surface area contributed by atoms with Crippen molar-refractivity contribution < 1.29 is 17.6 Å². The van der Waals surface area contributed by atoms with E-state index in [0.717, 1.165) is 4.09 Å². The lowest BCUT2D eigenvalue weighted by Crippen LogP contribution is -2.14. The zero-order chi connectivity index (χ0) is 21.5. The number of aromatic nitrogens is 3. The Hall–Kier alpha value is -3.98. The van der Waals surface area contributed by atoms with E-state index in [1.807, 2.05) is 0 Å². The lowest BCUT2D eigenvalue weighted by atomic mass is 9.87. The van der Waals surface area contributed by atoms with Gasteiger partial charge in [0.05, 0.1) is 15.9 Å². The van der Waals surface area contributed by atoms with Crippen LogP contribution in [0, 0.1) is 0 Å². The SMILES string of the molecule is Cn1c(=O)oc2cc(S(=O)(=O)n3nc4c5c(cccc53)C(=O)c3ccccc3-4)ccc21. The van der Waals surface area contributed by atoms with Gasteiger partial charge < -0.3 is 4.42 Å². The number of carbonyl (C=O) groups excluding carboxylic acids is 1. The van der Waals surface area contributed by atoms with Crippen molar-refractivity contribution in [2.24, 2.45) is 7.05 Å². The molecule has 0 radical (unpaired) electrons. The molecule has 0 atom stereocenters. The first-order chi connectivity index (χ1) is 14.9. The third-order valence-corrected chi connectivity index (χ3v) is 7.22. The first kappa shape index (κ1) is 17.8. The molecule has 0 fully saturated rings. The summed E-state index contributed by atoms with van der Waals surface area (Å²) >= 11 is 0. The lowest BCUT2D eigenvalue weighted by Gasteiger charge is -2.13. The maximum absolute atomic E-state index is 13.5. The number of nitrogens with zero attached hydrogens (tertiary/aromatic N) is 3. The molecule has 0 aliphatic heterocycles. The Bertz CT molecular complexity index is 1760. The Balaban J connectivity index is 1.66. The smallest absolute Gasteiger partial charge is 0.408 e. The molecule has 152 valence electrons. The number of hydrogen-bond donors (Lipinski definition) is 0. The highest BCUT2D eigenvalue weighted by molar-refractivity contribution is 7.90. The highest BCUT2D eigenvalue weighted by atomic mass is 32.2. The zero-order valence-corrected chi connectivity index (χ0v) is 16.9. The molecule has 3 aromatic carbocycles. The summed E-state index contributed by atoms with van der Waals surface area (Å²) in [5.74, 6) is -0.750. The third-order valence-electron chi connectivity index (χ3n) is 5.64. The van der Waals surface area contributed by atoms with Gasteiger partial charge in [0.1, 0.15) is 5.69 Å². The summed E-state index contributed by atoms with van der Waals surface area (Å²) < 4.78 is 34.4. The van der Waals surface area contributed by atoms with E-state index in [9.17, 15) is 18.0 Å². The first-order valence-corrected chi connectivity index (χ1v) is 10.8. The number of fused-ring (bicyclic) bond motifs is 3. The Morgan fingerprint density at radius 1 is 0.871 bits per heavy atom. The fourth-order valence-electron chi connectivity index (χ4n) is 4.11. The van der Waals surface area contributed by atoms with Crippen LogP contribution in [-0.4, -0.2) is 28.0 Å². The van der Waals surface area contributed by atoms with E-state index in [4.69, 9.17) is 4.42 Å². The normalized spacial score (nSPS) is 13.1. The van der Waals surface area contributed by atoms with Gasteiger partial charge in [-0.05, 0) is 18.2 Å². The molecule has 0 N–H and O–H groups in total. The fraction of sp³-hybridized carbons (Fsp3) is 0.0455. The third kappa shape index (κ3) is 2.23. The van der Waals surface area contributed by atoms with Gasteiger partial charge >= 0.3 is 5.76 Å². The summed E-state index contributed by atoms with van der Waals surface area (Å²) in [7, 11) is -2.59. The molecule has 9 heteroatoms. The minimum atomic E-state index is -4.14. The van der Waals surface area contributed by atoms with Gasteiger partial charge in [0.2, 0.25) is 0 Å². The second-order valence-electron chi connectivity index (χ2n) is 7.33. The predicted molar refractivity (Wildman–Crippen MR) is 113 cm³/mol.